The summed E-state index contributed by atoms with van der Waals surface area (Å²) >= 11 is 1.12. The Morgan fingerprint density at radius 3 is 2.59 bits per heavy atom. The summed E-state index contributed by atoms with van der Waals surface area (Å²) in [6.45, 7) is 6.08. The Morgan fingerprint density at radius 2 is 1.97 bits per heavy atom. The maximum absolute atomic E-state index is 12.3. The fourth-order valence-corrected chi connectivity index (χ4v) is 3.49. The Morgan fingerprint density at radius 1 is 1.25 bits per heavy atom. The van der Waals surface area contributed by atoms with E-state index in [0.717, 1.165) is 11.8 Å². The largest absolute Gasteiger partial charge is 0.486 e. The van der Waals surface area contributed by atoms with E-state index in [4.69, 9.17) is 10.6 Å². The van der Waals surface area contributed by atoms with Crippen molar-refractivity contribution in [3.63, 3.8) is 0 Å². The highest BCUT2D eigenvalue weighted by atomic mass is 32.2. The third-order valence-electron chi connectivity index (χ3n) is 4.68. The minimum Gasteiger partial charge on any atom is -0.486 e. The van der Waals surface area contributed by atoms with Gasteiger partial charge >= 0.3 is 0 Å². The van der Waals surface area contributed by atoms with Crippen LogP contribution in [0.15, 0.2) is 47.6 Å². The van der Waals surface area contributed by atoms with Crippen LogP contribution in [-0.4, -0.2) is 31.5 Å². The molecule has 0 bridgehead atoms. The summed E-state index contributed by atoms with van der Waals surface area (Å²) in [5.74, 6) is 7.35. The normalized spacial score (nSPS) is 10.9. The fourth-order valence-electron chi connectivity index (χ4n) is 2.82. The smallest absolute Gasteiger partial charge is 0.269 e. The first kappa shape index (κ1) is 23.1. The number of nitrogens with zero attached hydrogens (tertiary/aromatic N) is 4. The van der Waals surface area contributed by atoms with Crippen LogP contribution in [0.3, 0.4) is 0 Å². The second-order valence-corrected chi connectivity index (χ2v) is 8.32. The van der Waals surface area contributed by atoms with Gasteiger partial charge in [-0.2, -0.15) is 0 Å². The van der Waals surface area contributed by atoms with Crippen molar-refractivity contribution in [2.45, 2.75) is 38.5 Å². The molecule has 0 aliphatic rings. The van der Waals surface area contributed by atoms with Gasteiger partial charge in [0.05, 0.1) is 10.7 Å². The lowest BCUT2D eigenvalue weighted by atomic mass is 10.0. The Bertz CT molecular complexity index is 1110. The summed E-state index contributed by atoms with van der Waals surface area (Å²) in [5.41, 5.74) is 2.30. The molecule has 10 nitrogen and oxygen atoms in total. The zero-order chi connectivity index (χ0) is 23.3. The monoisotopic (exact) mass is 456 g/mol. The highest BCUT2D eigenvalue weighted by Crippen LogP contribution is 2.23. The van der Waals surface area contributed by atoms with Crippen molar-refractivity contribution in [3.8, 4) is 5.75 Å². The van der Waals surface area contributed by atoms with Crippen molar-refractivity contribution in [2.75, 3.05) is 16.9 Å². The van der Waals surface area contributed by atoms with Gasteiger partial charge in [-0.05, 0) is 42.2 Å². The third kappa shape index (κ3) is 5.76. The number of nitrogens with two attached hydrogens (primary N) is 1. The molecule has 32 heavy (non-hydrogen) atoms. The summed E-state index contributed by atoms with van der Waals surface area (Å²) in [4.78, 5) is 22.6. The molecule has 0 saturated heterocycles. The molecule has 1 heterocycles. The van der Waals surface area contributed by atoms with E-state index in [-0.39, 0.29) is 24.0 Å². The zero-order valence-corrected chi connectivity index (χ0v) is 18.8. The number of hydrogen-bond acceptors (Lipinski definition) is 8. The van der Waals surface area contributed by atoms with Crippen LogP contribution in [0.25, 0.3) is 0 Å². The molecule has 0 aliphatic carbocycles. The number of nitro benzene ring substituents is 1. The van der Waals surface area contributed by atoms with Crippen LogP contribution >= 0.6 is 11.8 Å². The number of hydrogen-bond donors (Lipinski definition) is 2. The third-order valence-corrected chi connectivity index (χ3v) is 5.62. The predicted molar refractivity (Wildman–Crippen MR) is 122 cm³/mol. The van der Waals surface area contributed by atoms with Gasteiger partial charge in [-0.3, -0.25) is 14.9 Å². The number of carbonyl (C=O) groups excluding carboxylic acids is 1. The molecule has 0 unspecified atom stereocenters. The van der Waals surface area contributed by atoms with Gasteiger partial charge in [0.25, 0.3) is 5.69 Å². The van der Waals surface area contributed by atoms with E-state index in [1.807, 2.05) is 24.3 Å². The molecule has 1 amide bonds. The number of nitrogens with one attached hydrogen (secondary N) is 1. The molecule has 1 aromatic heterocycles. The van der Waals surface area contributed by atoms with E-state index < -0.39 is 4.92 Å². The average Bonchev–Trinajstić information content (AvgIpc) is 3.11. The molecule has 11 heteroatoms. The lowest BCUT2D eigenvalue weighted by molar-refractivity contribution is -0.384. The van der Waals surface area contributed by atoms with Crippen molar-refractivity contribution < 1.29 is 14.5 Å². The van der Waals surface area contributed by atoms with Crippen LogP contribution in [0, 0.1) is 17.0 Å². The minimum atomic E-state index is -0.482. The van der Waals surface area contributed by atoms with Gasteiger partial charge < -0.3 is 15.9 Å². The van der Waals surface area contributed by atoms with E-state index in [0.29, 0.717) is 33.9 Å². The Balaban J connectivity index is 1.53. The number of carbonyl (C=O) groups is 1. The molecule has 0 aliphatic heterocycles. The number of aryl methyl sites for hydroxylation is 1. The number of non-ortho nitro benzene ring substituents is 1. The minimum absolute atomic E-state index is 0.0308. The maximum Gasteiger partial charge on any atom is 0.269 e. The van der Waals surface area contributed by atoms with E-state index >= 15 is 0 Å². The number of nitro groups is 1. The molecule has 0 spiro atoms. The number of nitrogen functional groups attached to an aromatic ring is 1. The van der Waals surface area contributed by atoms with Crippen LogP contribution in [0.2, 0.25) is 0 Å². The first-order valence-electron chi connectivity index (χ1n) is 9.84. The van der Waals surface area contributed by atoms with Gasteiger partial charge in [0.2, 0.25) is 11.1 Å². The topological polar surface area (TPSA) is 138 Å². The van der Waals surface area contributed by atoms with E-state index in [2.05, 4.69) is 29.4 Å². The van der Waals surface area contributed by atoms with Gasteiger partial charge in [-0.1, -0.05) is 37.7 Å². The Hall–Kier alpha value is -3.60. The average molecular weight is 457 g/mol. The molecule has 3 N–H and O–H groups in total. The van der Waals surface area contributed by atoms with Crippen molar-refractivity contribution in [2.24, 2.45) is 0 Å². The van der Waals surface area contributed by atoms with Crippen molar-refractivity contribution >= 4 is 29.0 Å². The molecule has 3 rings (SSSR count). The molecule has 168 valence electrons. The predicted octanol–water partition coefficient (Wildman–Crippen LogP) is 3.64. The van der Waals surface area contributed by atoms with Gasteiger partial charge in [0, 0.05) is 17.8 Å². The van der Waals surface area contributed by atoms with Crippen LogP contribution in [-0.2, 0) is 11.4 Å². The van der Waals surface area contributed by atoms with Crippen molar-refractivity contribution in [1.82, 2.24) is 14.9 Å². The molecule has 0 saturated carbocycles. The van der Waals surface area contributed by atoms with E-state index in [1.165, 1.54) is 28.4 Å². The highest BCUT2D eigenvalue weighted by Gasteiger charge is 2.14. The number of benzene rings is 2. The molecular formula is C21H24N6O4S. The highest BCUT2D eigenvalue weighted by molar-refractivity contribution is 7.99. The van der Waals surface area contributed by atoms with Gasteiger partial charge in [0.15, 0.2) is 5.82 Å². The molecule has 0 radical (unpaired) electrons. The molecule has 0 fully saturated rings. The second-order valence-electron chi connectivity index (χ2n) is 7.37. The number of amides is 1. The molecule has 3 aromatic rings. The number of thioether (sulfide) groups is 1. The summed E-state index contributed by atoms with van der Waals surface area (Å²) in [6, 6.07) is 12.1. The SMILES string of the molecule is Cc1cc([N+](=O)[O-])ccc1NC(=O)CSc1nnc(COc2ccc(C(C)C)cc2)n1N. The summed E-state index contributed by atoms with van der Waals surface area (Å²) < 4.78 is 7.01. The summed E-state index contributed by atoms with van der Waals surface area (Å²) in [5, 5.41) is 22.0. The van der Waals surface area contributed by atoms with Gasteiger partial charge in [-0.15, -0.1) is 10.2 Å². The maximum atomic E-state index is 12.3. The Kier molecular flexibility index (Phi) is 7.31. The number of rotatable bonds is 9. The van der Waals surface area contributed by atoms with Crippen LogP contribution < -0.4 is 15.9 Å². The quantitative estimate of drug-likeness (QED) is 0.215. The lowest BCUT2D eigenvalue weighted by Gasteiger charge is -2.09. The van der Waals surface area contributed by atoms with Crippen molar-refractivity contribution in [3.05, 3.63) is 69.5 Å². The summed E-state index contributed by atoms with van der Waals surface area (Å²) in [6.07, 6.45) is 0. The standard InChI is InChI=1S/C21H24N6O4S/c1-13(2)15-4-7-17(8-5-15)31-11-19-24-25-21(26(19)22)32-12-20(28)23-18-9-6-16(27(29)30)10-14(18)3/h4-10,13H,11-12,22H2,1-3H3,(H,23,28). The first-order valence-corrected chi connectivity index (χ1v) is 10.8. The van der Waals surface area contributed by atoms with E-state index in [1.54, 1.807) is 6.92 Å². The number of aromatic nitrogens is 3. The second kappa shape index (κ2) is 10.1. The lowest BCUT2D eigenvalue weighted by Crippen LogP contribution is -2.18. The molecule has 2 aromatic carbocycles. The molecule has 0 atom stereocenters. The van der Waals surface area contributed by atoms with Crippen LogP contribution in [0.4, 0.5) is 11.4 Å². The van der Waals surface area contributed by atoms with Crippen molar-refractivity contribution in [1.29, 1.82) is 0 Å². The van der Waals surface area contributed by atoms with Crippen LogP contribution in [0.1, 0.15) is 36.7 Å². The molecular weight excluding hydrogens is 432 g/mol. The fraction of sp³-hybridized carbons (Fsp3) is 0.286. The Labute approximate surface area is 189 Å². The van der Waals surface area contributed by atoms with Gasteiger partial charge in [0.1, 0.15) is 12.4 Å². The van der Waals surface area contributed by atoms with Crippen LogP contribution in [0.5, 0.6) is 5.75 Å². The van der Waals surface area contributed by atoms with Gasteiger partial charge in [-0.25, -0.2) is 4.68 Å². The van der Waals surface area contributed by atoms with E-state index in [9.17, 15) is 14.9 Å². The first-order chi connectivity index (χ1) is 15.2. The zero-order valence-electron chi connectivity index (χ0n) is 17.9. The number of ether oxygens (including phenoxy) is 1. The number of anilines is 1. The summed E-state index contributed by atoms with van der Waals surface area (Å²) in [7, 11) is 0.